The molecule has 1 aromatic rings. The quantitative estimate of drug-likeness (QED) is 0.679. The second-order valence-corrected chi connectivity index (χ2v) is 5.57. The molecule has 0 fully saturated rings. The molecule has 0 unspecified atom stereocenters. The molecule has 0 aromatic heterocycles. The van der Waals surface area contributed by atoms with Crippen LogP contribution in [0.4, 0.5) is 0 Å². The number of unbranched alkanes of at least 4 members (excludes halogenated alkanes) is 3. The standard InChI is InChI=1S/C15H21BrO/c1-2-3-4-5-11-17-14-10-9-12-7-6-8-13(12)15(14)16/h9-10H,2-8,11H2,1H3. The van der Waals surface area contributed by atoms with Gasteiger partial charge in [-0.1, -0.05) is 32.3 Å². The minimum absolute atomic E-state index is 0.845. The number of ether oxygens (including phenoxy) is 1. The smallest absolute Gasteiger partial charge is 0.133 e. The van der Waals surface area contributed by atoms with Crippen LogP contribution in [0, 0.1) is 0 Å². The monoisotopic (exact) mass is 296 g/mol. The molecule has 0 radical (unpaired) electrons. The van der Waals surface area contributed by atoms with Crippen LogP contribution in [-0.4, -0.2) is 6.61 Å². The van der Waals surface area contributed by atoms with E-state index in [1.165, 1.54) is 54.1 Å². The van der Waals surface area contributed by atoms with E-state index in [-0.39, 0.29) is 0 Å². The van der Waals surface area contributed by atoms with Crippen molar-refractivity contribution in [1.82, 2.24) is 0 Å². The second kappa shape index (κ2) is 6.44. The fourth-order valence-corrected chi connectivity index (χ4v) is 3.12. The lowest BCUT2D eigenvalue weighted by Crippen LogP contribution is -1.99. The van der Waals surface area contributed by atoms with E-state index in [0.717, 1.165) is 18.8 Å². The summed E-state index contributed by atoms with van der Waals surface area (Å²) in [7, 11) is 0. The highest BCUT2D eigenvalue weighted by molar-refractivity contribution is 9.10. The Morgan fingerprint density at radius 1 is 1.18 bits per heavy atom. The Morgan fingerprint density at radius 2 is 2.06 bits per heavy atom. The molecular formula is C15H21BrO. The second-order valence-electron chi connectivity index (χ2n) is 4.78. The molecule has 0 bridgehead atoms. The molecule has 17 heavy (non-hydrogen) atoms. The summed E-state index contributed by atoms with van der Waals surface area (Å²) < 4.78 is 7.06. The van der Waals surface area contributed by atoms with Gasteiger partial charge in [0, 0.05) is 0 Å². The van der Waals surface area contributed by atoms with Crippen molar-refractivity contribution >= 4 is 15.9 Å². The summed E-state index contributed by atoms with van der Waals surface area (Å²) in [6.45, 7) is 3.08. The number of benzene rings is 1. The fraction of sp³-hybridized carbons (Fsp3) is 0.600. The number of hydrogen-bond donors (Lipinski definition) is 0. The predicted molar refractivity (Wildman–Crippen MR) is 75.8 cm³/mol. The van der Waals surface area contributed by atoms with Gasteiger partial charge in [0.1, 0.15) is 5.75 Å². The summed E-state index contributed by atoms with van der Waals surface area (Å²) in [5, 5.41) is 0. The van der Waals surface area contributed by atoms with Gasteiger partial charge in [-0.25, -0.2) is 0 Å². The summed E-state index contributed by atoms with van der Waals surface area (Å²) in [5.74, 6) is 1.03. The van der Waals surface area contributed by atoms with Crippen LogP contribution in [-0.2, 0) is 12.8 Å². The average molecular weight is 297 g/mol. The van der Waals surface area contributed by atoms with E-state index >= 15 is 0 Å². The third kappa shape index (κ3) is 3.25. The van der Waals surface area contributed by atoms with Gasteiger partial charge in [-0.05, 0) is 58.8 Å². The lowest BCUT2D eigenvalue weighted by molar-refractivity contribution is 0.303. The van der Waals surface area contributed by atoms with Gasteiger partial charge in [-0.3, -0.25) is 0 Å². The van der Waals surface area contributed by atoms with Crippen LogP contribution in [0.25, 0.3) is 0 Å². The first-order chi connectivity index (χ1) is 8.33. The molecule has 94 valence electrons. The zero-order valence-electron chi connectivity index (χ0n) is 10.6. The molecule has 1 aliphatic rings. The van der Waals surface area contributed by atoms with Crippen LogP contribution in [0.3, 0.4) is 0 Å². The molecule has 2 rings (SSSR count). The molecule has 0 N–H and O–H groups in total. The van der Waals surface area contributed by atoms with E-state index < -0.39 is 0 Å². The molecular weight excluding hydrogens is 276 g/mol. The third-order valence-corrected chi connectivity index (χ3v) is 4.30. The normalized spacial score (nSPS) is 13.8. The number of rotatable bonds is 6. The number of halogens is 1. The Balaban J connectivity index is 1.89. The van der Waals surface area contributed by atoms with Crippen LogP contribution in [0.1, 0.15) is 50.2 Å². The molecule has 0 amide bonds. The molecule has 1 aromatic carbocycles. The maximum Gasteiger partial charge on any atom is 0.133 e. The van der Waals surface area contributed by atoms with Gasteiger partial charge >= 0.3 is 0 Å². The Kier molecular flexibility index (Phi) is 4.90. The van der Waals surface area contributed by atoms with Crippen LogP contribution >= 0.6 is 15.9 Å². The van der Waals surface area contributed by atoms with E-state index in [4.69, 9.17) is 4.74 Å². The van der Waals surface area contributed by atoms with Crippen molar-refractivity contribution < 1.29 is 4.74 Å². The largest absolute Gasteiger partial charge is 0.492 e. The average Bonchev–Trinajstić information content (AvgIpc) is 2.80. The molecule has 1 nitrogen and oxygen atoms in total. The molecule has 1 aliphatic carbocycles. The minimum atomic E-state index is 0.845. The van der Waals surface area contributed by atoms with E-state index in [1.54, 1.807) is 0 Å². The molecule has 2 heteroatoms. The van der Waals surface area contributed by atoms with Crippen molar-refractivity contribution in [3.8, 4) is 5.75 Å². The van der Waals surface area contributed by atoms with Crippen molar-refractivity contribution in [3.05, 3.63) is 27.7 Å². The van der Waals surface area contributed by atoms with E-state index in [1.807, 2.05) is 0 Å². The highest BCUT2D eigenvalue weighted by Crippen LogP contribution is 2.36. The maximum absolute atomic E-state index is 5.86. The van der Waals surface area contributed by atoms with Gasteiger partial charge in [-0.15, -0.1) is 0 Å². The summed E-state index contributed by atoms with van der Waals surface area (Å²) in [6, 6.07) is 4.35. The highest BCUT2D eigenvalue weighted by atomic mass is 79.9. The Bertz CT molecular complexity index is 373. The molecule has 0 spiro atoms. The van der Waals surface area contributed by atoms with Crippen molar-refractivity contribution in [2.45, 2.75) is 51.9 Å². The van der Waals surface area contributed by atoms with Gasteiger partial charge in [0.25, 0.3) is 0 Å². The first kappa shape index (κ1) is 12.9. The van der Waals surface area contributed by atoms with Crippen molar-refractivity contribution in [2.24, 2.45) is 0 Å². The number of aryl methyl sites for hydroxylation is 1. The van der Waals surface area contributed by atoms with Crippen molar-refractivity contribution in [1.29, 1.82) is 0 Å². The third-order valence-electron chi connectivity index (χ3n) is 3.43. The summed E-state index contributed by atoms with van der Waals surface area (Å²) >= 11 is 3.69. The van der Waals surface area contributed by atoms with Crippen LogP contribution in [0.2, 0.25) is 0 Å². The number of hydrogen-bond acceptors (Lipinski definition) is 1. The van der Waals surface area contributed by atoms with Gasteiger partial charge in [0.2, 0.25) is 0 Å². The first-order valence-corrected chi connectivity index (χ1v) is 7.55. The zero-order valence-corrected chi connectivity index (χ0v) is 12.2. The highest BCUT2D eigenvalue weighted by Gasteiger charge is 2.16. The molecule has 0 saturated carbocycles. The lowest BCUT2D eigenvalue weighted by atomic mass is 10.1. The fourth-order valence-electron chi connectivity index (χ4n) is 2.42. The van der Waals surface area contributed by atoms with Crippen LogP contribution in [0.5, 0.6) is 5.75 Å². The topological polar surface area (TPSA) is 9.23 Å². The van der Waals surface area contributed by atoms with E-state index in [2.05, 4.69) is 35.0 Å². The van der Waals surface area contributed by atoms with E-state index in [9.17, 15) is 0 Å². The van der Waals surface area contributed by atoms with E-state index in [0.29, 0.717) is 0 Å². The Hall–Kier alpha value is -0.500. The number of fused-ring (bicyclic) bond motifs is 1. The van der Waals surface area contributed by atoms with Crippen LogP contribution in [0.15, 0.2) is 16.6 Å². The summed E-state index contributed by atoms with van der Waals surface area (Å²) in [4.78, 5) is 0. The molecule has 0 saturated heterocycles. The zero-order chi connectivity index (χ0) is 12.1. The van der Waals surface area contributed by atoms with Gasteiger partial charge in [0.15, 0.2) is 0 Å². The van der Waals surface area contributed by atoms with Crippen LogP contribution < -0.4 is 4.74 Å². The van der Waals surface area contributed by atoms with Gasteiger partial charge in [-0.2, -0.15) is 0 Å². The van der Waals surface area contributed by atoms with Crippen molar-refractivity contribution in [2.75, 3.05) is 6.61 Å². The Labute approximate surface area is 113 Å². The first-order valence-electron chi connectivity index (χ1n) is 6.76. The molecule has 0 aliphatic heterocycles. The predicted octanol–water partition coefficient (Wildman–Crippen LogP) is 4.90. The molecule has 0 heterocycles. The van der Waals surface area contributed by atoms with Crippen molar-refractivity contribution in [3.63, 3.8) is 0 Å². The minimum Gasteiger partial charge on any atom is -0.492 e. The van der Waals surface area contributed by atoms with Gasteiger partial charge in [0.05, 0.1) is 11.1 Å². The summed E-state index contributed by atoms with van der Waals surface area (Å²) in [6.07, 6.45) is 8.75. The maximum atomic E-state index is 5.86. The van der Waals surface area contributed by atoms with Gasteiger partial charge < -0.3 is 4.74 Å². The SMILES string of the molecule is CCCCCCOc1ccc2c(c1Br)CCC2. The summed E-state index contributed by atoms with van der Waals surface area (Å²) in [5.41, 5.74) is 2.96. The lowest BCUT2D eigenvalue weighted by Gasteiger charge is -2.11. The Morgan fingerprint density at radius 3 is 2.88 bits per heavy atom. The molecule has 0 atom stereocenters.